The highest BCUT2D eigenvalue weighted by Crippen LogP contribution is 2.45. The van der Waals surface area contributed by atoms with E-state index in [0.29, 0.717) is 12.6 Å². The van der Waals surface area contributed by atoms with Gasteiger partial charge in [-0.1, -0.05) is 62.4 Å². The summed E-state index contributed by atoms with van der Waals surface area (Å²) in [6.07, 6.45) is 0.0538. The van der Waals surface area contributed by atoms with E-state index in [0.717, 1.165) is 0 Å². The Morgan fingerprint density at radius 2 is 1.68 bits per heavy atom. The molecule has 0 N–H and O–H groups in total. The number of para-hydroxylation sites is 1. The third-order valence-corrected chi connectivity index (χ3v) is 5.06. The Hall–Kier alpha value is -1.80. The number of ether oxygens (including phenoxy) is 1. The molecule has 0 aliphatic carbocycles. The molecule has 0 spiro atoms. The summed E-state index contributed by atoms with van der Waals surface area (Å²) in [4.78, 5) is 2.41. The van der Waals surface area contributed by atoms with Crippen LogP contribution >= 0.6 is 0 Å². The van der Waals surface area contributed by atoms with Gasteiger partial charge in [-0.05, 0) is 31.0 Å². The first-order chi connectivity index (χ1) is 10.5. The molecule has 2 heteroatoms. The fourth-order valence-corrected chi connectivity index (χ4v) is 3.41. The molecule has 2 aromatic carbocycles. The van der Waals surface area contributed by atoms with Crippen molar-refractivity contribution >= 4 is 5.69 Å². The number of nitrogens with zero attached hydrogens (tertiary/aromatic N) is 1. The predicted octanol–water partition coefficient (Wildman–Crippen LogP) is 4.74. The lowest BCUT2D eigenvalue weighted by Gasteiger charge is -2.35. The minimum atomic E-state index is 0.0538. The Morgan fingerprint density at radius 1 is 1.05 bits per heavy atom. The average Bonchev–Trinajstić information content (AvgIpc) is 2.74. The highest BCUT2D eigenvalue weighted by molar-refractivity contribution is 5.64. The lowest BCUT2D eigenvalue weighted by molar-refractivity contribution is 0.0445. The molecule has 0 amide bonds. The van der Waals surface area contributed by atoms with Crippen LogP contribution in [0.4, 0.5) is 5.69 Å². The molecule has 2 nitrogen and oxygen atoms in total. The second-order valence-corrected chi connectivity index (χ2v) is 6.72. The van der Waals surface area contributed by atoms with Gasteiger partial charge in [0.05, 0.1) is 6.61 Å². The van der Waals surface area contributed by atoms with Gasteiger partial charge in [0.15, 0.2) is 0 Å². The maximum absolute atomic E-state index is 6.16. The van der Waals surface area contributed by atoms with E-state index in [1.165, 1.54) is 16.8 Å². The summed E-state index contributed by atoms with van der Waals surface area (Å²) < 4.78 is 6.16. The van der Waals surface area contributed by atoms with Crippen LogP contribution < -0.4 is 4.90 Å². The molecule has 0 bridgehead atoms. The van der Waals surface area contributed by atoms with Crippen molar-refractivity contribution < 1.29 is 4.74 Å². The first-order valence-corrected chi connectivity index (χ1v) is 8.05. The van der Waals surface area contributed by atoms with E-state index in [2.05, 4.69) is 81.1 Å². The lowest BCUT2D eigenvalue weighted by atomic mass is 9.81. The molecule has 2 aromatic rings. The minimum absolute atomic E-state index is 0.0538. The Balaban J connectivity index is 1.79. The van der Waals surface area contributed by atoms with E-state index in [1.807, 2.05) is 6.07 Å². The Morgan fingerprint density at radius 3 is 2.41 bits per heavy atom. The molecule has 1 aliphatic heterocycles. The van der Waals surface area contributed by atoms with Crippen molar-refractivity contribution in [1.82, 2.24) is 0 Å². The van der Waals surface area contributed by atoms with E-state index in [1.54, 1.807) is 0 Å². The third-order valence-electron chi connectivity index (χ3n) is 5.06. The zero-order chi connectivity index (χ0) is 15.7. The summed E-state index contributed by atoms with van der Waals surface area (Å²) in [5, 5.41) is 0. The summed E-state index contributed by atoms with van der Waals surface area (Å²) >= 11 is 0. The van der Waals surface area contributed by atoms with Crippen LogP contribution in [-0.2, 0) is 16.8 Å². The molecule has 0 saturated heterocycles. The van der Waals surface area contributed by atoms with Crippen LogP contribution in [0.1, 0.15) is 38.8 Å². The number of benzene rings is 2. The molecule has 116 valence electrons. The van der Waals surface area contributed by atoms with E-state index in [9.17, 15) is 0 Å². The van der Waals surface area contributed by atoms with Crippen LogP contribution in [-0.4, -0.2) is 12.3 Å². The Bertz CT molecular complexity index is 635. The van der Waals surface area contributed by atoms with Crippen molar-refractivity contribution in [2.75, 3.05) is 4.90 Å². The van der Waals surface area contributed by atoms with Crippen LogP contribution in [0.15, 0.2) is 54.6 Å². The van der Waals surface area contributed by atoms with Crippen LogP contribution in [0.3, 0.4) is 0 Å². The molecule has 0 aromatic heterocycles. The molecule has 0 radical (unpaired) electrons. The van der Waals surface area contributed by atoms with Crippen LogP contribution in [0, 0.1) is 0 Å². The topological polar surface area (TPSA) is 12.5 Å². The van der Waals surface area contributed by atoms with Gasteiger partial charge in [-0.2, -0.15) is 0 Å². The molecule has 0 fully saturated rings. The minimum Gasteiger partial charge on any atom is -0.354 e. The fraction of sp³-hybridized carbons (Fsp3) is 0.400. The highest BCUT2D eigenvalue weighted by atomic mass is 16.5. The second-order valence-electron chi connectivity index (χ2n) is 6.72. The molecule has 1 heterocycles. The second kappa shape index (κ2) is 5.77. The molecule has 22 heavy (non-hydrogen) atoms. The maximum Gasteiger partial charge on any atom is 0.127 e. The van der Waals surface area contributed by atoms with Crippen molar-refractivity contribution in [3.8, 4) is 0 Å². The molecular formula is C20H25NO. The highest BCUT2D eigenvalue weighted by Gasteiger charge is 2.43. The van der Waals surface area contributed by atoms with Gasteiger partial charge in [0.2, 0.25) is 0 Å². The standard InChI is InChI=1S/C20H25NO/c1-15-20(3,4)18-12-8-9-13-19(18)21(15)16(2)22-14-17-10-6-5-7-11-17/h5-13,15-16H,14H2,1-4H3. The normalized spacial score (nSPS) is 20.7. The smallest absolute Gasteiger partial charge is 0.127 e. The predicted molar refractivity (Wildman–Crippen MR) is 92.1 cm³/mol. The maximum atomic E-state index is 6.16. The molecule has 2 unspecified atom stereocenters. The van der Waals surface area contributed by atoms with Gasteiger partial charge in [-0.3, -0.25) is 0 Å². The largest absolute Gasteiger partial charge is 0.354 e. The Labute approximate surface area is 133 Å². The monoisotopic (exact) mass is 295 g/mol. The first kappa shape index (κ1) is 15.1. The van der Waals surface area contributed by atoms with E-state index < -0.39 is 0 Å². The van der Waals surface area contributed by atoms with Crippen LogP contribution in [0.25, 0.3) is 0 Å². The summed E-state index contributed by atoms with van der Waals surface area (Å²) in [5.41, 5.74) is 4.08. The molecule has 1 aliphatic rings. The van der Waals surface area contributed by atoms with Crippen molar-refractivity contribution in [2.24, 2.45) is 0 Å². The SMILES string of the molecule is CC(OCc1ccccc1)N1c2ccccc2C(C)(C)C1C. The zero-order valence-corrected chi connectivity index (χ0v) is 13.9. The van der Waals surface area contributed by atoms with Crippen molar-refractivity contribution in [3.05, 3.63) is 65.7 Å². The molecule has 3 rings (SSSR count). The summed E-state index contributed by atoms with van der Waals surface area (Å²) in [7, 11) is 0. The number of anilines is 1. The van der Waals surface area contributed by atoms with Crippen molar-refractivity contribution in [1.29, 1.82) is 0 Å². The van der Waals surface area contributed by atoms with E-state index >= 15 is 0 Å². The van der Waals surface area contributed by atoms with Gasteiger partial charge in [-0.15, -0.1) is 0 Å². The van der Waals surface area contributed by atoms with E-state index in [4.69, 9.17) is 4.74 Å². The Kier molecular flexibility index (Phi) is 3.96. The summed E-state index contributed by atoms with van der Waals surface area (Å²) in [6, 6.07) is 19.5. The third kappa shape index (κ3) is 2.52. The van der Waals surface area contributed by atoms with Crippen LogP contribution in [0.2, 0.25) is 0 Å². The quantitative estimate of drug-likeness (QED) is 0.808. The zero-order valence-electron chi connectivity index (χ0n) is 13.9. The number of hydrogen-bond donors (Lipinski definition) is 0. The summed E-state index contributed by atoms with van der Waals surface area (Å²) in [6.45, 7) is 9.73. The van der Waals surface area contributed by atoms with Gasteiger partial charge in [0.1, 0.15) is 6.23 Å². The average molecular weight is 295 g/mol. The molecule has 2 atom stereocenters. The van der Waals surface area contributed by atoms with Gasteiger partial charge in [0, 0.05) is 17.1 Å². The van der Waals surface area contributed by atoms with Crippen molar-refractivity contribution in [2.45, 2.75) is 52.0 Å². The van der Waals surface area contributed by atoms with Gasteiger partial charge >= 0.3 is 0 Å². The fourth-order valence-electron chi connectivity index (χ4n) is 3.41. The van der Waals surface area contributed by atoms with Crippen molar-refractivity contribution in [3.63, 3.8) is 0 Å². The lowest BCUT2D eigenvalue weighted by Crippen LogP contribution is -2.44. The number of rotatable bonds is 4. The van der Waals surface area contributed by atoms with Crippen LogP contribution in [0.5, 0.6) is 0 Å². The van der Waals surface area contributed by atoms with Gasteiger partial charge in [-0.25, -0.2) is 0 Å². The van der Waals surface area contributed by atoms with Gasteiger partial charge in [0.25, 0.3) is 0 Å². The molecular weight excluding hydrogens is 270 g/mol. The van der Waals surface area contributed by atoms with E-state index in [-0.39, 0.29) is 11.6 Å². The molecule has 0 saturated carbocycles. The number of hydrogen-bond acceptors (Lipinski definition) is 2. The summed E-state index contributed by atoms with van der Waals surface area (Å²) in [5.74, 6) is 0. The number of fused-ring (bicyclic) bond motifs is 1. The first-order valence-electron chi connectivity index (χ1n) is 8.05. The van der Waals surface area contributed by atoms with Gasteiger partial charge < -0.3 is 9.64 Å².